The van der Waals surface area contributed by atoms with Gasteiger partial charge in [-0.15, -0.1) is 0 Å². The van der Waals surface area contributed by atoms with E-state index in [4.69, 9.17) is 39.0 Å². The van der Waals surface area contributed by atoms with Gasteiger partial charge in [-0.3, -0.25) is 9.56 Å². The predicted octanol–water partition coefficient (Wildman–Crippen LogP) is 5.77. The number of rotatable bonds is 10. The summed E-state index contributed by atoms with van der Waals surface area (Å²) in [6.07, 6.45) is 5.49. The average Bonchev–Trinajstić information content (AvgIpc) is 4.19. The van der Waals surface area contributed by atoms with Crippen molar-refractivity contribution in [1.82, 2.24) is 39.0 Å². The summed E-state index contributed by atoms with van der Waals surface area (Å²) in [5, 5.41) is 6.00. The second kappa shape index (κ2) is 16.1. The minimum Gasteiger partial charge on any atom is -0.377 e. The van der Waals surface area contributed by atoms with E-state index in [1.165, 1.54) is 24.6 Å². The quantitative estimate of drug-likeness (QED) is 0.128. The molecule has 2 saturated heterocycles. The molecule has 0 spiro atoms. The number of halogens is 2. The number of fused-ring (bicyclic) bond motifs is 2. The van der Waals surface area contributed by atoms with Crippen molar-refractivity contribution in [3.8, 4) is 11.9 Å². The Labute approximate surface area is 370 Å². The van der Waals surface area contributed by atoms with Gasteiger partial charge in [-0.05, 0) is 63.8 Å². The maximum atomic E-state index is 14.5. The highest BCUT2D eigenvalue weighted by Gasteiger charge is 2.54. The zero-order valence-corrected chi connectivity index (χ0v) is 38.2. The van der Waals surface area contributed by atoms with Crippen LogP contribution < -0.4 is 20.4 Å². The standard InChI is InChI=1S/2C21H26FN7O2S/c2*1-13-12-31-10-9-28(13)17-11-16(21(7-8-21)32(3,23)30)25-20(26-17)29-15-6-4-5-14(22)18(15)27-19(29)24-2/h2*4-6,11,13,23H,7-10,12H2,1-3H3,(H,24,27)/t13-,32+;13-,32-/m11/s1. The molecule has 0 bridgehead atoms. The topological polar surface area (TPSA) is 218 Å². The van der Waals surface area contributed by atoms with Crippen LogP contribution in [0.15, 0.2) is 48.5 Å². The summed E-state index contributed by atoms with van der Waals surface area (Å²) in [5.74, 6) is 1.90. The number of aromatic nitrogens is 8. The van der Waals surface area contributed by atoms with Gasteiger partial charge in [-0.1, -0.05) is 12.1 Å². The maximum Gasteiger partial charge on any atom is 0.239 e. The average molecular weight is 919 g/mol. The van der Waals surface area contributed by atoms with Gasteiger partial charge in [0.1, 0.15) is 22.7 Å². The molecule has 340 valence electrons. The molecule has 0 radical (unpaired) electrons. The Morgan fingerprint density at radius 2 is 1.05 bits per heavy atom. The van der Waals surface area contributed by atoms with Crippen LogP contribution in [0.4, 0.5) is 32.3 Å². The third-order valence-electron chi connectivity index (χ3n) is 12.7. The normalized spacial score (nSPS) is 22.0. The highest BCUT2D eigenvalue weighted by atomic mass is 32.2. The maximum absolute atomic E-state index is 14.5. The molecule has 64 heavy (non-hydrogen) atoms. The highest BCUT2D eigenvalue weighted by molar-refractivity contribution is 7.93. The van der Waals surface area contributed by atoms with Crippen molar-refractivity contribution in [3.63, 3.8) is 0 Å². The van der Waals surface area contributed by atoms with Crippen LogP contribution in [0.1, 0.15) is 50.9 Å². The summed E-state index contributed by atoms with van der Waals surface area (Å²) >= 11 is 0. The molecule has 0 amide bonds. The number of ether oxygens (including phenoxy) is 2. The Balaban J connectivity index is 0.000000162. The summed E-state index contributed by atoms with van der Waals surface area (Å²) in [5.41, 5.74) is 2.65. The monoisotopic (exact) mass is 918 g/mol. The smallest absolute Gasteiger partial charge is 0.239 e. The van der Waals surface area contributed by atoms with E-state index in [1.54, 1.807) is 47.5 Å². The van der Waals surface area contributed by atoms with Gasteiger partial charge >= 0.3 is 0 Å². The fourth-order valence-corrected chi connectivity index (χ4v) is 11.5. The molecule has 4 atom stereocenters. The van der Waals surface area contributed by atoms with E-state index < -0.39 is 40.6 Å². The van der Waals surface area contributed by atoms with Gasteiger partial charge in [0, 0.05) is 51.8 Å². The molecule has 2 aliphatic heterocycles. The third-order valence-corrected chi connectivity index (χ3v) is 16.9. The Morgan fingerprint density at radius 3 is 1.38 bits per heavy atom. The molecule has 2 aromatic carbocycles. The number of para-hydroxylation sites is 2. The molecule has 10 rings (SSSR count). The molecule has 4 aromatic heterocycles. The summed E-state index contributed by atoms with van der Waals surface area (Å²) in [7, 11) is -2.37. The summed E-state index contributed by atoms with van der Waals surface area (Å²) in [6, 6.07) is 13.4. The van der Waals surface area contributed by atoms with Crippen LogP contribution in [-0.2, 0) is 38.4 Å². The number of hydrogen-bond acceptors (Lipinski definition) is 16. The molecule has 6 aromatic rings. The zero-order chi connectivity index (χ0) is 45.3. The van der Waals surface area contributed by atoms with Crippen molar-refractivity contribution in [2.75, 3.05) is 86.6 Å². The lowest BCUT2D eigenvalue weighted by molar-refractivity contribution is 0.0984. The van der Waals surface area contributed by atoms with Crippen LogP contribution in [0, 0.1) is 21.2 Å². The lowest BCUT2D eigenvalue weighted by Gasteiger charge is -2.34. The van der Waals surface area contributed by atoms with Crippen molar-refractivity contribution < 1.29 is 26.7 Å². The molecule has 2 saturated carbocycles. The van der Waals surface area contributed by atoms with Crippen LogP contribution in [-0.4, -0.2) is 126 Å². The number of hydrogen-bond donors (Lipinski definition) is 4. The zero-order valence-electron chi connectivity index (χ0n) is 36.5. The summed E-state index contributed by atoms with van der Waals surface area (Å²) < 4.78 is 84.3. The first kappa shape index (κ1) is 43.7. The Hall–Kier alpha value is -5.58. The fourth-order valence-electron chi connectivity index (χ4n) is 8.73. The van der Waals surface area contributed by atoms with Crippen LogP contribution in [0.2, 0.25) is 0 Å². The first-order valence-electron chi connectivity index (χ1n) is 21.1. The first-order valence-corrected chi connectivity index (χ1v) is 25.1. The van der Waals surface area contributed by atoms with Gasteiger partial charge in [0.25, 0.3) is 0 Å². The molecule has 6 heterocycles. The first-order chi connectivity index (χ1) is 30.5. The molecule has 0 unspecified atom stereocenters. The Bertz CT molecular complexity index is 2810. The van der Waals surface area contributed by atoms with Gasteiger partial charge in [0.15, 0.2) is 11.6 Å². The van der Waals surface area contributed by atoms with Crippen molar-refractivity contribution in [3.05, 3.63) is 71.6 Å². The summed E-state index contributed by atoms with van der Waals surface area (Å²) in [4.78, 5) is 32.3. The van der Waals surface area contributed by atoms with Gasteiger partial charge in [0.2, 0.25) is 23.8 Å². The van der Waals surface area contributed by atoms with Gasteiger partial charge in [-0.25, -0.2) is 46.3 Å². The van der Waals surface area contributed by atoms with E-state index in [-0.39, 0.29) is 23.1 Å². The second-order valence-corrected chi connectivity index (χ2v) is 21.9. The van der Waals surface area contributed by atoms with Gasteiger partial charge in [0.05, 0.1) is 89.9 Å². The molecule has 4 fully saturated rings. The summed E-state index contributed by atoms with van der Waals surface area (Å²) in [6.45, 7) is 7.73. The van der Waals surface area contributed by atoms with E-state index in [2.05, 4.69) is 44.2 Å². The number of morpholine rings is 2. The van der Waals surface area contributed by atoms with Crippen molar-refractivity contribution in [2.24, 2.45) is 0 Å². The third kappa shape index (κ3) is 7.46. The second-order valence-electron chi connectivity index (χ2n) is 17.0. The van der Waals surface area contributed by atoms with E-state index >= 15 is 0 Å². The Morgan fingerprint density at radius 1 is 0.656 bits per heavy atom. The van der Waals surface area contributed by atoms with Gasteiger partial charge < -0.3 is 29.9 Å². The van der Waals surface area contributed by atoms with E-state index in [1.807, 2.05) is 12.1 Å². The van der Waals surface area contributed by atoms with E-state index in [0.29, 0.717) is 123 Å². The fraction of sp³-hybridized carbons (Fsp3) is 0.476. The number of imidazole rings is 2. The lowest BCUT2D eigenvalue weighted by Crippen LogP contribution is -2.44. The van der Waals surface area contributed by atoms with Crippen LogP contribution in [0.5, 0.6) is 0 Å². The van der Waals surface area contributed by atoms with Crippen molar-refractivity contribution in [2.45, 2.75) is 61.1 Å². The van der Waals surface area contributed by atoms with Crippen LogP contribution in [0.3, 0.4) is 0 Å². The number of anilines is 4. The Kier molecular flexibility index (Phi) is 11.0. The molecule has 22 heteroatoms. The minimum atomic E-state index is -2.89. The van der Waals surface area contributed by atoms with E-state index in [0.717, 1.165) is 0 Å². The van der Waals surface area contributed by atoms with Crippen LogP contribution >= 0.6 is 0 Å². The lowest BCUT2D eigenvalue weighted by atomic mass is 10.2. The number of nitrogens with zero attached hydrogens (tertiary/aromatic N) is 10. The largest absolute Gasteiger partial charge is 0.377 e. The molecule has 4 N–H and O–H groups in total. The minimum absolute atomic E-state index is 0.0947. The molecule has 2 aliphatic carbocycles. The molecular weight excluding hydrogens is 867 g/mol. The van der Waals surface area contributed by atoms with Gasteiger partial charge in [-0.2, -0.15) is 9.97 Å². The van der Waals surface area contributed by atoms with Crippen LogP contribution in [0.25, 0.3) is 34.0 Å². The van der Waals surface area contributed by atoms with E-state index in [9.17, 15) is 17.2 Å². The van der Waals surface area contributed by atoms with Crippen molar-refractivity contribution >= 4 is 65.1 Å². The number of benzene rings is 2. The predicted molar refractivity (Wildman–Crippen MR) is 243 cm³/mol. The number of nitrogens with one attached hydrogen (secondary N) is 4. The molecule has 4 aliphatic rings. The molecule has 18 nitrogen and oxygen atoms in total. The SMILES string of the molecule is CNc1nc2c(F)cccc2n1-c1nc(N2CCOC[C@H]2C)cc(C2([S@@](C)(=N)=O)CC2)n1.CNc1nc2c(F)cccc2n1-c1nc(N2CCOC[C@H]2C)cc(C2([S@](C)(=N)=O)CC2)n1. The van der Waals surface area contributed by atoms with Crippen molar-refractivity contribution in [1.29, 1.82) is 9.56 Å². The molecular formula is C42H52F2N14O4S2. The highest BCUT2D eigenvalue weighted by Crippen LogP contribution is 2.53.